The van der Waals surface area contributed by atoms with E-state index >= 15 is 0 Å². The highest BCUT2D eigenvalue weighted by Crippen LogP contribution is 2.22. The lowest BCUT2D eigenvalue weighted by Crippen LogP contribution is -2.30. The van der Waals surface area contributed by atoms with Crippen LogP contribution in [0.3, 0.4) is 0 Å². The van der Waals surface area contributed by atoms with Crippen LogP contribution in [-0.2, 0) is 19.5 Å². The third-order valence-electron chi connectivity index (χ3n) is 4.20. The zero-order valence-electron chi connectivity index (χ0n) is 12.2. The van der Waals surface area contributed by atoms with E-state index in [0.717, 1.165) is 31.6 Å². The minimum absolute atomic E-state index is 0.381. The monoisotopic (exact) mass is 281 g/mol. The molecule has 2 aromatic rings. The maximum atomic E-state index is 11.1. The molecule has 0 aromatic heterocycles. The molecule has 0 aliphatic carbocycles. The van der Waals surface area contributed by atoms with Crippen LogP contribution in [0, 0.1) is 6.92 Å². The molecular formula is C18H19NO2. The molecular weight excluding hydrogens is 262 g/mol. The van der Waals surface area contributed by atoms with Crippen molar-refractivity contribution in [3.63, 3.8) is 0 Å². The molecule has 1 aliphatic rings. The van der Waals surface area contributed by atoms with Gasteiger partial charge in [0.05, 0.1) is 5.56 Å². The van der Waals surface area contributed by atoms with Crippen molar-refractivity contribution in [3.8, 4) is 0 Å². The average molecular weight is 281 g/mol. The molecule has 0 fully saturated rings. The van der Waals surface area contributed by atoms with Crippen molar-refractivity contribution in [3.05, 3.63) is 70.3 Å². The highest BCUT2D eigenvalue weighted by molar-refractivity contribution is 5.87. The van der Waals surface area contributed by atoms with E-state index < -0.39 is 5.97 Å². The third kappa shape index (κ3) is 2.98. The zero-order valence-corrected chi connectivity index (χ0v) is 12.2. The van der Waals surface area contributed by atoms with E-state index in [-0.39, 0.29) is 0 Å². The third-order valence-corrected chi connectivity index (χ3v) is 4.20. The molecule has 0 unspecified atom stereocenters. The first-order valence-corrected chi connectivity index (χ1v) is 7.25. The van der Waals surface area contributed by atoms with Gasteiger partial charge in [0.2, 0.25) is 0 Å². The van der Waals surface area contributed by atoms with Crippen LogP contribution in [0.2, 0.25) is 0 Å². The molecule has 1 N–H and O–H groups in total. The van der Waals surface area contributed by atoms with Crippen molar-refractivity contribution in [2.75, 3.05) is 6.54 Å². The maximum absolute atomic E-state index is 11.1. The smallest absolute Gasteiger partial charge is 0.335 e. The van der Waals surface area contributed by atoms with E-state index in [4.69, 9.17) is 5.11 Å². The van der Waals surface area contributed by atoms with Crippen LogP contribution in [0.25, 0.3) is 0 Å². The number of carbonyl (C=O) groups is 1. The van der Waals surface area contributed by atoms with Crippen molar-refractivity contribution in [2.24, 2.45) is 0 Å². The van der Waals surface area contributed by atoms with E-state index in [1.807, 2.05) is 12.1 Å². The summed E-state index contributed by atoms with van der Waals surface area (Å²) in [5.74, 6) is -0.853. The summed E-state index contributed by atoms with van der Waals surface area (Å²) in [4.78, 5) is 13.5. The normalized spacial score (nSPS) is 14.7. The van der Waals surface area contributed by atoms with E-state index in [9.17, 15) is 4.79 Å². The predicted octanol–water partition coefficient (Wildman–Crippen LogP) is 3.25. The van der Waals surface area contributed by atoms with Gasteiger partial charge in [-0.3, -0.25) is 4.90 Å². The summed E-state index contributed by atoms with van der Waals surface area (Å²) in [7, 11) is 0. The number of hydrogen-bond donors (Lipinski definition) is 1. The van der Waals surface area contributed by atoms with Gasteiger partial charge in [0.15, 0.2) is 0 Å². The Hall–Kier alpha value is -2.13. The number of fused-ring (bicyclic) bond motifs is 1. The molecule has 0 amide bonds. The molecule has 3 heteroatoms. The Kier molecular flexibility index (Phi) is 3.76. The number of benzene rings is 2. The van der Waals surface area contributed by atoms with Gasteiger partial charge in [-0.05, 0) is 47.7 Å². The van der Waals surface area contributed by atoms with Crippen molar-refractivity contribution >= 4 is 5.97 Å². The molecule has 0 radical (unpaired) electrons. The summed E-state index contributed by atoms with van der Waals surface area (Å²) in [6.45, 7) is 4.90. The Bertz CT molecular complexity index is 679. The number of rotatable bonds is 3. The summed E-state index contributed by atoms with van der Waals surface area (Å²) in [6.07, 6.45) is 0.987. The lowest BCUT2D eigenvalue weighted by molar-refractivity contribution is 0.0696. The fourth-order valence-electron chi connectivity index (χ4n) is 2.91. The van der Waals surface area contributed by atoms with Crippen molar-refractivity contribution in [1.29, 1.82) is 0 Å². The molecule has 0 spiro atoms. The molecule has 1 aliphatic heterocycles. The van der Waals surface area contributed by atoms with Crippen LogP contribution >= 0.6 is 0 Å². The summed E-state index contributed by atoms with van der Waals surface area (Å²) in [6, 6.07) is 13.9. The van der Waals surface area contributed by atoms with Gasteiger partial charge in [0.1, 0.15) is 0 Å². The zero-order chi connectivity index (χ0) is 14.8. The van der Waals surface area contributed by atoms with Gasteiger partial charge in [-0.2, -0.15) is 0 Å². The van der Waals surface area contributed by atoms with Gasteiger partial charge in [-0.25, -0.2) is 4.79 Å². The number of carboxylic acid groups (broad SMARTS) is 1. The Labute approximate surface area is 124 Å². The molecule has 0 saturated heterocycles. The molecule has 0 bridgehead atoms. The van der Waals surface area contributed by atoms with Crippen molar-refractivity contribution < 1.29 is 9.90 Å². The molecule has 21 heavy (non-hydrogen) atoms. The highest BCUT2D eigenvalue weighted by Gasteiger charge is 2.18. The van der Waals surface area contributed by atoms with Crippen LogP contribution in [0.15, 0.2) is 42.5 Å². The number of carboxylic acids is 1. The molecule has 1 heterocycles. The van der Waals surface area contributed by atoms with Gasteiger partial charge in [0, 0.05) is 19.6 Å². The Morgan fingerprint density at radius 1 is 1.19 bits per heavy atom. The van der Waals surface area contributed by atoms with Gasteiger partial charge in [-0.1, -0.05) is 30.3 Å². The number of nitrogens with zero attached hydrogens (tertiary/aromatic N) is 1. The Morgan fingerprint density at radius 3 is 2.76 bits per heavy atom. The van der Waals surface area contributed by atoms with Crippen molar-refractivity contribution in [1.82, 2.24) is 4.90 Å². The second-order valence-electron chi connectivity index (χ2n) is 5.68. The first kappa shape index (κ1) is 13.8. The first-order valence-electron chi connectivity index (χ1n) is 7.25. The van der Waals surface area contributed by atoms with Gasteiger partial charge >= 0.3 is 5.97 Å². The standard InChI is InChI=1S/C18H19NO2/c1-13-4-2-3-5-16(13)11-19-9-8-14-6-7-15(18(20)21)10-17(14)12-19/h2-7,10H,8-9,11-12H2,1H3,(H,20,21). The molecule has 3 rings (SSSR count). The SMILES string of the molecule is Cc1ccccc1CN1CCc2ccc(C(=O)O)cc2C1. The maximum Gasteiger partial charge on any atom is 0.335 e. The molecule has 0 atom stereocenters. The number of hydrogen-bond acceptors (Lipinski definition) is 2. The van der Waals surface area contributed by atoms with E-state index in [1.165, 1.54) is 16.7 Å². The lowest BCUT2D eigenvalue weighted by Gasteiger charge is -2.29. The topological polar surface area (TPSA) is 40.5 Å². The van der Waals surface area contributed by atoms with Crippen LogP contribution < -0.4 is 0 Å². The minimum atomic E-state index is -0.853. The van der Waals surface area contributed by atoms with E-state index in [1.54, 1.807) is 6.07 Å². The predicted molar refractivity (Wildman–Crippen MR) is 82.4 cm³/mol. The lowest BCUT2D eigenvalue weighted by atomic mass is 9.96. The molecule has 108 valence electrons. The summed E-state index contributed by atoms with van der Waals surface area (Å²) in [5.41, 5.74) is 5.46. The largest absolute Gasteiger partial charge is 0.478 e. The first-order chi connectivity index (χ1) is 10.1. The summed E-state index contributed by atoms with van der Waals surface area (Å²) < 4.78 is 0. The van der Waals surface area contributed by atoms with E-state index in [0.29, 0.717) is 5.56 Å². The van der Waals surface area contributed by atoms with Gasteiger partial charge in [0.25, 0.3) is 0 Å². The second-order valence-corrected chi connectivity index (χ2v) is 5.68. The summed E-state index contributed by atoms with van der Waals surface area (Å²) in [5, 5.41) is 9.11. The minimum Gasteiger partial charge on any atom is -0.478 e. The fourth-order valence-corrected chi connectivity index (χ4v) is 2.91. The average Bonchev–Trinajstić information content (AvgIpc) is 2.49. The molecule has 2 aromatic carbocycles. The Balaban J connectivity index is 1.79. The number of aryl methyl sites for hydroxylation is 1. The van der Waals surface area contributed by atoms with Crippen LogP contribution in [0.5, 0.6) is 0 Å². The van der Waals surface area contributed by atoms with Crippen LogP contribution in [0.1, 0.15) is 32.6 Å². The van der Waals surface area contributed by atoms with Gasteiger partial charge in [-0.15, -0.1) is 0 Å². The molecule has 3 nitrogen and oxygen atoms in total. The van der Waals surface area contributed by atoms with Crippen LogP contribution in [0.4, 0.5) is 0 Å². The van der Waals surface area contributed by atoms with Crippen molar-refractivity contribution in [2.45, 2.75) is 26.4 Å². The van der Waals surface area contributed by atoms with Crippen LogP contribution in [-0.4, -0.2) is 22.5 Å². The second kappa shape index (κ2) is 5.70. The fraction of sp³-hybridized carbons (Fsp3) is 0.278. The van der Waals surface area contributed by atoms with E-state index in [2.05, 4.69) is 36.1 Å². The summed E-state index contributed by atoms with van der Waals surface area (Å²) >= 11 is 0. The number of aromatic carboxylic acids is 1. The Morgan fingerprint density at radius 2 is 2.00 bits per heavy atom. The molecule has 0 saturated carbocycles. The quantitative estimate of drug-likeness (QED) is 0.939. The highest BCUT2D eigenvalue weighted by atomic mass is 16.4. The van der Waals surface area contributed by atoms with Gasteiger partial charge < -0.3 is 5.11 Å².